The van der Waals surface area contributed by atoms with Crippen LogP contribution in [0, 0.1) is 5.41 Å². The van der Waals surface area contributed by atoms with Crippen LogP contribution in [0.15, 0.2) is 36.7 Å². The molecule has 21 heavy (non-hydrogen) atoms. The Balaban J connectivity index is 1.62. The molecule has 0 amide bonds. The van der Waals surface area contributed by atoms with Gasteiger partial charge in [0.05, 0.1) is 6.54 Å². The summed E-state index contributed by atoms with van der Waals surface area (Å²) in [7, 11) is 0. The highest BCUT2D eigenvalue weighted by Gasteiger charge is 2.48. The lowest BCUT2D eigenvalue weighted by Crippen LogP contribution is -2.55. The summed E-state index contributed by atoms with van der Waals surface area (Å²) in [5.41, 5.74) is 1.73. The van der Waals surface area contributed by atoms with Crippen molar-refractivity contribution in [3.05, 3.63) is 48.0 Å². The van der Waals surface area contributed by atoms with Crippen molar-refractivity contribution in [3.8, 4) is 0 Å². The average molecular weight is 284 g/mol. The van der Waals surface area contributed by atoms with Gasteiger partial charge in [0.2, 0.25) is 0 Å². The Bertz CT molecular complexity index is 588. The van der Waals surface area contributed by atoms with Gasteiger partial charge < -0.3 is 9.88 Å². The van der Waals surface area contributed by atoms with Crippen molar-refractivity contribution in [2.45, 2.75) is 52.2 Å². The van der Waals surface area contributed by atoms with Gasteiger partial charge in [-0.15, -0.1) is 10.2 Å². The fourth-order valence-corrected chi connectivity index (χ4v) is 3.42. The van der Waals surface area contributed by atoms with Crippen LogP contribution in [0.4, 0.5) is 0 Å². The summed E-state index contributed by atoms with van der Waals surface area (Å²) >= 11 is 0. The SMILES string of the molecule is CCn1cnnc1CN[C@H]1C[C@@H](c2ccccc2)C1(C)C. The Morgan fingerprint density at radius 3 is 2.71 bits per heavy atom. The molecule has 2 aromatic rings. The second-order valence-corrected chi connectivity index (χ2v) is 6.49. The molecule has 1 fully saturated rings. The third kappa shape index (κ3) is 2.60. The molecule has 1 aromatic heterocycles. The summed E-state index contributed by atoms with van der Waals surface area (Å²) in [6, 6.07) is 11.4. The zero-order valence-corrected chi connectivity index (χ0v) is 13.1. The number of aryl methyl sites for hydroxylation is 1. The molecule has 0 spiro atoms. The zero-order valence-electron chi connectivity index (χ0n) is 13.1. The number of benzene rings is 1. The fourth-order valence-electron chi connectivity index (χ4n) is 3.42. The second kappa shape index (κ2) is 5.60. The number of aromatic nitrogens is 3. The predicted octanol–water partition coefficient (Wildman–Crippen LogP) is 2.97. The van der Waals surface area contributed by atoms with E-state index in [9.17, 15) is 0 Å². The molecule has 0 bridgehead atoms. The Morgan fingerprint density at radius 2 is 2.05 bits per heavy atom. The van der Waals surface area contributed by atoms with Crippen LogP contribution in [0.25, 0.3) is 0 Å². The van der Waals surface area contributed by atoms with Crippen LogP contribution < -0.4 is 5.32 Å². The summed E-state index contributed by atoms with van der Waals surface area (Å²) in [6.07, 6.45) is 2.99. The van der Waals surface area contributed by atoms with E-state index >= 15 is 0 Å². The van der Waals surface area contributed by atoms with Crippen molar-refractivity contribution in [1.82, 2.24) is 20.1 Å². The molecule has 1 heterocycles. The third-order valence-corrected chi connectivity index (χ3v) is 5.01. The number of nitrogens with zero attached hydrogens (tertiary/aromatic N) is 3. The second-order valence-electron chi connectivity index (χ2n) is 6.49. The summed E-state index contributed by atoms with van der Waals surface area (Å²) in [5, 5.41) is 11.8. The molecule has 112 valence electrons. The Hall–Kier alpha value is -1.68. The lowest BCUT2D eigenvalue weighted by Gasteiger charge is -2.53. The number of nitrogens with one attached hydrogen (secondary N) is 1. The summed E-state index contributed by atoms with van der Waals surface area (Å²) in [5.74, 6) is 1.66. The maximum absolute atomic E-state index is 4.19. The van der Waals surface area contributed by atoms with E-state index < -0.39 is 0 Å². The first kappa shape index (κ1) is 14.3. The minimum absolute atomic E-state index is 0.276. The Morgan fingerprint density at radius 1 is 1.29 bits per heavy atom. The number of rotatable bonds is 5. The zero-order chi connectivity index (χ0) is 14.9. The Kier molecular flexibility index (Phi) is 3.81. The average Bonchev–Trinajstić information content (AvgIpc) is 2.94. The van der Waals surface area contributed by atoms with Gasteiger partial charge in [-0.25, -0.2) is 0 Å². The largest absolute Gasteiger partial charge is 0.317 e. The van der Waals surface area contributed by atoms with Crippen LogP contribution >= 0.6 is 0 Å². The summed E-state index contributed by atoms with van der Waals surface area (Å²) < 4.78 is 2.09. The molecule has 0 radical (unpaired) electrons. The Labute approximate surface area is 126 Å². The molecule has 1 saturated carbocycles. The van der Waals surface area contributed by atoms with E-state index in [1.54, 1.807) is 6.33 Å². The number of hydrogen-bond acceptors (Lipinski definition) is 3. The van der Waals surface area contributed by atoms with Crippen LogP contribution in [0.1, 0.15) is 44.5 Å². The van der Waals surface area contributed by atoms with Crippen LogP contribution in [0.5, 0.6) is 0 Å². The molecule has 0 saturated heterocycles. The van der Waals surface area contributed by atoms with Gasteiger partial charge in [0.25, 0.3) is 0 Å². The highest BCUT2D eigenvalue weighted by Crippen LogP contribution is 2.52. The first-order valence-corrected chi connectivity index (χ1v) is 7.78. The summed E-state index contributed by atoms with van der Waals surface area (Å²) in [4.78, 5) is 0. The van der Waals surface area contributed by atoms with Gasteiger partial charge in [-0.1, -0.05) is 44.2 Å². The smallest absolute Gasteiger partial charge is 0.146 e. The van der Waals surface area contributed by atoms with Gasteiger partial charge in [0.1, 0.15) is 12.2 Å². The quantitative estimate of drug-likeness (QED) is 0.918. The first-order valence-electron chi connectivity index (χ1n) is 7.78. The number of hydrogen-bond donors (Lipinski definition) is 1. The van der Waals surface area contributed by atoms with Gasteiger partial charge >= 0.3 is 0 Å². The molecule has 1 aromatic carbocycles. The molecule has 1 aliphatic rings. The van der Waals surface area contributed by atoms with E-state index in [4.69, 9.17) is 0 Å². The minimum Gasteiger partial charge on any atom is -0.317 e. The van der Waals surface area contributed by atoms with Gasteiger partial charge in [-0.05, 0) is 30.2 Å². The molecule has 3 rings (SSSR count). The molecular weight excluding hydrogens is 260 g/mol. The fraction of sp³-hybridized carbons (Fsp3) is 0.529. The van der Waals surface area contributed by atoms with E-state index in [1.165, 1.54) is 12.0 Å². The van der Waals surface area contributed by atoms with Crippen molar-refractivity contribution in [2.24, 2.45) is 5.41 Å². The maximum atomic E-state index is 4.19. The predicted molar refractivity (Wildman–Crippen MR) is 83.9 cm³/mol. The molecule has 0 aliphatic heterocycles. The van der Waals surface area contributed by atoms with Crippen molar-refractivity contribution < 1.29 is 0 Å². The molecule has 1 N–H and O–H groups in total. The van der Waals surface area contributed by atoms with Crippen LogP contribution in [-0.2, 0) is 13.1 Å². The lowest BCUT2D eigenvalue weighted by atomic mass is 9.56. The van der Waals surface area contributed by atoms with Crippen LogP contribution in [0.3, 0.4) is 0 Å². The highest BCUT2D eigenvalue weighted by atomic mass is 15.3. The van der Waals surface area contributed by atoms with Crippen molar-refractivity contribution in [3.63, 3.8) is 0 Å². The van der Waals surface area contributed by atoms with Crippen LogP contribution in [-0.4, -0.2) is 20.8 Å². The van der Waals surface area contributed by atoms with Crippen molar-refractivity contribution in [2.75, 3.05) is 0 Å². The highest BCUT2D eigenvalue weighted by molar-refractivity contribution is 5.27. The topological polar surface area (TPSA) is 42.7 Å². The third-order valence-electron chi connectivity index (χ3n) is 5.01. The maximum Gasteiger partial charge on any atom is 0.146 e. The van der Waals surface area contributed by atoms with Crippen molar-refractivity contribution >= 4 is 0 Å². The normalized spacial score (nSPS) is 23.8. The molecule has 1 aliphatic carbocycles. The molecule has 4 nitrogen and oxygen atoms in total. The van der Waals surface area contributed by atoms with E-state index in [2.05, 4.69) is 71.2 Å². The van der Waals surface area contributed by atoms with Gasteiger partial charge in [-0.3, -0.25) is 0 Å². The van der Waals surface area contributed by atoms with Crippen LogP contribution in [0.2, 0.25) is 0 Å². The lowest BCUT2D eigenvalue weighted by molar-refractivity contribution is 0.0671. The van der Waals surface area contributed by atoms with Crippen molar-refractivity contribution in [1.29, 1.82) is 0 Å². The van der Waals surface area contributed by atoms with E-state index in [-0.39, 0.29) is 5.41 Å². The van der Waals surface area contributed by atoms with E-state index in [0.717, 1.165) is 18.9 Å². The van der Waals surface area contributed by atoms with Gasteiger partial charge in [0, 0.05) is 12.6 Å². The first-order chi connectivity index (χ1) is 10.1. The van der Waals surface area contributed by atoms with E-state index in [1.807, 2.05) is 0 Å². The molecule has 4 heteroatoms. The van der Waals surface area contributed by atoms with E-state index in [0.29, 0.717) is 12.0 Å². The van der Waals surface area contributed by atoms with Gasteiger partial charge in [0.15, 0.2) is 0 Å². The standard InChI is InChI=1S/C17H24N4/c1-4-21-12-19-20-16(21)11-18-15-10-14(17(15,2)3)13-8-6-5-7-9-13/h5-9,12,14-15,18H,4,10-11H2,1-3H3/t14-,15-/m0/s1. The summed E-state index contributed by atoms with van der Waals surface area (Å²) in [6.45, 7) is 8.55. The van der Waals surface area contributed by atoms with Gasteiger partial charge in [-0.2, -0.15) is 0 Å². The molecular formula is C17H24N4. The molecule has 0 unspecified atom stereocenters. The molecule has 2 atom stereocenters. The monoisotopic (exact) mass is 284 g/mol. The minimum atomic E-state index is 0.276.